The SMILES string of the molecule is C#Cc1cccc(NC(=O)CNC(=NC)N2CC3C4CCC(O4)C3C2)c1. The summed E-state index contributed by atoms with van der Waals surface area (Å²) >= 11 is 0. The summed E-state index contributed by atoms with van der Waals surface area (Å²) in [5, 5.41) is 6.04. The number of carbonyl (C=O) groups is 1. The van der Waals surface area contributed by atoms with E-state index in [9.17, 15) is 4.79 Å². The van der Waals surface area contributed by atoms with Gasteiger partial charge in [0.2, 0.25) is 5.91 Å². The van der Waals surface area contributed by atoms with Crippen LogP contribution in [0.15, 0.2) is 29.3 Å². The number of aliphatic imine (C=N–C) groups is 1. The molecule has 3 heterocycles. The molecule has 0 spiro atoms. The minimum atomic E-state index is -0.122. The topological polar surface area (TPSA) is 66.0 Å². The van der Waals surface area contributed by atoms with Crippen molar-refractivity contribution in [1.29, 1.82) is 0 Å². The fraction of sp³-hybridized carbons (Fsp3) is 0.500. The molecule has 4 rings (SSSR count). The van der Waals surface area contributed by atoms with Crippen LogP contribution in [-0.2, 0) is 9.53 Å². The molecule has 136 valence electrons. The fourth-order valence-electron chi connectivity index (χ4n) is 4.52. The second-order valence-electron chi connectivity index (χ2n) is 7.20. The maximum absolute atomic E-state index is 12.2. The normalized spacial score (nSPS) is 29.4. The number of anilines is 1. The number of hydrogen-bond donors (Lipinski definition) is 2. The molecule has 1 aromatic rings. The van der Waals surface area contributed by atoms with Gasteiger partial charge in [-0.1, -0.05) is 12.0 Å². The van der Waals surface area contributed by atoms with Crippen molar-refractivity contribution in [2.24, 2.45) is 16.8 Å². The second-order valence-corrected chi connectivity index (χ2v) is 7.20. The van der Waals surface area contributed by atoms with E-state index >= 15 is 0 Å². The molecule has 0 aromatic heterocycles. The molecular weight excluding hydrogens is 328 g/mol. The standard InChI is InChI=1S/C20H24N4O2/c1-3-13-5-4-6-14(9-13)23-19(25)10-22-20(21-2)24-11-15-16(12-24)18-8-7-17(15)26-18/h1,4-6,9,15-18H,7-8,10-12H2,2H3,(H,21,22)(H,23,25). The summed E-state index contributed by atoms with van der Waals surface area (Å²) in [6.07, 6.45) is 8.60. The highest BCUT2D eigenvalue weighted by Crippen LogP contribution is 2.47. The predicted molar refractivity (Wildman–Crippen MR) is 101 cm³/mol. The third kappa shape index (κ3) is 3.15. The predicted octanol–water partition coefficient (Wildman–Crippen LogP) is 1.29. The number of nitrogens with one attached hydrogen (secondary N) is 2. The first kappa shape index (κ1) is 16.9. The van der Waals surface area contributed by atoms with Gasteiger partial charge in [-0.05, 0) is 31.0 Å². The first-order valence-electron chi connectivity index (χ1n) is 9.15. The average molecular weight is 352 g/mol. The van der Waals surface area contributed by atoms with Crippen molar-refractivity contribution < 1.29 is 9.53 Å². The number of likely N-dealkylation sites (tertiary alicyclic amines) is 1. The largest absolute Gasteiger partial charge is 0.374 e. The van der Waals surface area contributed by atoms with E-state index in [1.54, 1.807) is 13.1 Å². The molecule has 1 aromatic carbocycles. The summed E-state index contributed by atoms with van der Waals surface area (Å²) in [5.74, 6) is 4.44. The lowest BCUT2D eigenvalue weighted by atomic mass is 9.82. The minimum absolute atomic E-state index is 0.122. The van der Waals surface area contributed by atoms with Crippen LogP contribution in [0.1, 0.15) is 18.4 Å². The molecule has 3 saturated heterocycles. The highest BCUT2D eigenvalue weighted by Gasteiger charge is 2.53. The number of rotatable bonds is 3. The third-order valence-corrected chi connectivity index (χ3v) is 5.68. The average Bonchev–Trinajstić information content (AvgIpc) is 3.35. The third-order valence-electron chi connectivity index (χ3n) is 5.68. The zero-order valence-electron chi connectivity index (χ0n) is 14.9. The molecule has 4 unspecified atom stereocenters. The van der Waals surface area contributed by atoms with Crippen LogP contribution in [0.4, 0.5) is 5.69 Å². The smallest absolute Gasteiger partial charge is 0.243 e. The van der Waals surface area contributed by atoms with Crippen LogP contribution in [-0.4, -0.2) is 55.7 Å². The molecular formula is C20H24N4O2. The second kappa shape index (κ2) is 7.00. The van der Waals surface area contributed by atoms with Gasteiger partial charge in [0.1, 0.15) is 0 Å². The van der Waals surface area contributed by atoms with Crippen LogP contribution < -0.4 is 10.6 Å². The molecule has 3 fully saturated rings. The van der Waals surface area contributed by atoms with Crippen LogP contribution in [0.3, 0.4) is 0 Å². The van der Waals surface area contributed by atoms with Gasteiger partial charge in [0.25, 0.3) is 0 Å². The van der Waals surface area contributed by atoms with Gasteiger partial charge in [0.15, 0.2) is 5.96 Å². The van der Waals surface area contributed by atoms with E-state index in [-0.39, 0.29) is 12.5 Å². The number of terminal acetylenes is 1. The molecule has 0 saturated carbocycles. The van der Waals surface area contributed by atoms with E-state index in [2.05, 4.69) is 26.4 Å². The lowest BCUT2D eigenvalue weighted by Crippen LogP contribution is -2.44. The van der Waals surface area contributed by atoms with E-state index in [4.69, 9.17) is 11.2 Å². The number of benzene rings is 1. The van der Waals surface area contributed by atoms with Crippen LogP contribution in [0.5, 0.6) is 0 Å². The number of hydrogen-bond acceptors (Lipinski definition) is 3. The number of carbonyl (C=O) groups excluding carboxylic acids is 1. The summed E-state index contributed by atoms with van der Waals surface area (Å²) in [6.45, 7) is 2.08. The number of amides is 1. The van der Waals surface area contributed by atoms with Gasteiger partial charge in [-0.15, -0.1) is 6.42 Å². The number of nitrogens with zero attached hydrogens (tertiary/aromatic N) is 2. The Morgan fingerprint density at radius 1 is 1.35 bits per heavy atom. The molecule has 2 bridgehead atoms. The van der Waals surface area contributed by atoms with Crippen molar-refractivity contribution in [2.45, 2.75) is 25.0 Å². The Morgan fingerprint density at radius 2 is 2.08 bits per heavy atom. The zero-order chi connectivity index (χ0) is 18.1. The zero-order valence-corrected chi connectivity index (χ0v) is 14.9. The first-order chi connectivity index (χ1) is 12.7. The Balaban J connectivity index is 1.30. The van der Waals surface area contributed by atoms with Crippen molar-refractivity contribution >= 4 is 17.6 Å². The Morgan fingerprint density at radius 3 is 2.73 bits per heavy atom. The quantitative estimate of drug-likeness (QED) is 0.489. The van der Waals surface area contributed by atoms with Gasteiger partial charge in [-0.2, -0.15) is 0 Å². The lowest BCUT2D eigenvalue weighted by molar-refractivity contribution is -0.115. The number of guanidine groups is 1. The van der Waals surface area contributed by atoms with Gasteiger partial charge in [0.05, 0.1) is 18.8 Å². The van der Waals surface area contributed by atoms with E-state index in [0.29, 0.717) is 29.7 Å². The molecule has 0 radical (unpaired) electrons. The van der Waals surface area contributed by atoms with Gasteiger partial charge in [-0.3, -0.25) is 9.79 Å². The molecule has 3 aliphatic heterocycles. The van der Waals surface area contributed by atoms with Crippen LogP contribution in [0.25, 0.3) is 0 Å². The van der Waals surface area contributed by atoms with E-state index in [0.717, 1.165) is 24.6 Å². The van der Waals surface area contributed by atoms with Crippen molar-refractivity contribution in [1.82, 2.24) is 10.2 Å². The van der Waals surface area contributed by atoms with Crippen LogP contribution in [0.2, 0.25) is 0 Å². The summed E-state index contributed by atoms with van der Waals surface area (Å²) in [4.78, 5) is 18.9. The maximum atomic E-state index is 12.2. The van der Waals surface area contributed by atoms with E-state index in [1.165, 1.54) is 12.8 Å². The fourth-order valence-corrected chi connectivity index (χ4v) is 4.52. The lowest BCUT2D eigenvalue weighted by Gasteiger charge is -2.23. The molecule has 6 heteroatoms. The van der Waals surface area contributed by atoms with Crippen LogP contribution >= 0.6 is 0 Å². The highest BCUT2D eigenvalue weighted by molar-refractivity contribution is 5.95. The Labute approximate surface area is 154 Å². The Bertz CT molecular complexity index is 751. The van der Waals surface area contributed by atoms with E-state index < -0.39 is 0 Å². The van der Waals surface area contributed by atoms with Crippen molar-refractivity contribution in [3.63, 3.8) is 0 Å². The monoisotopic (exact) mass is 352 g/mol. The molecule has 2 N–H and O–H groups in total. The van der Waals surface area contributed by atoms with Gasteiger partial charge in [0, 0.05) is 43.2 Å². The van der Waals surface area contributed by atoms with Gasteiger partial charge >= 0.3 is 0 Å². The number of fused-ring (bicyclic) bond motifs is 5. The van der Waals surface area contributed by atoms with Crippen LogP contribution in [0, 0.1) is 24.2 Å². The summed E-state index contributed by atoms with van der Waals surface area (Å²) in [7, 11) is 1.76. The summed E-state index contributed by atoms with van der Waals surface area (Å²) < 4.78 is 6.02. The number of ether oxygens (including phenoxy) is 1. The molecule has 26 heavy (non-hydrogen) atoms. The Hall–Kier alpha value is -2.52. The minimum Gasteiger partial charge on any atom is -0.374 e. The van der Waals surface area contributed by atoms with Crippen molar-refractivity contribution in [2.75, 3.05) is 32.0 Å². The molecule has 1 amide bonds. The highest BCUT2D eigenvalue weighted by atomic mass is 16.5. The van der Waals surface area contributed by atoms with Gasteiger partial charge < -0.3 is 20.3 Å². The van der Waals surface area contributed by atoms with Crippen molar-refractivity contribution in [3.8, 4) is 12.3 Å². The van der Waals surface area contributed by atoms with Gasteiger partial charge in [-0.25, -0.2) is 0 Å². The molecule has 0 aliphatic carbocycles. The maximum Gasteiger partial charge on any atom is 0.243 e. The first-order valence-corrected chi connectivity index (χ1v) is 9.15. The molecule has 3 aliphatic rings. The Kier molecular flexibility index (Phi) is 4.56. The van der Waals surface area contributed by atoms with Crippen molar-refractivity contribution in [3.05, 3.63) is 29.8 Å². The molecule has 4 atom stereocenters. The summed E-state index contributed by atoms with van der Waals surface area (Å²) in [6, 6.07) is 7.27. The summed E-state index contributed by atoms with van der Waals surface area (Å²) in [5.41, 5.74) is 1.44. The van der Waals surface area contributed by atoms with E-state index in [1.807, 2.05) is 18.2 Å². The molecule has 6 nitrogen and oxygen atoms in total.